The highest BCUT2D eigenvalue weighted by atomic mass is 16.5. The molecule has 0 fully saturated rings. The predicted octanol–water partition coefficient (Wildman–Crippen LogP) is 3.39. The number of hydrazone groups is 1. The minimum atomic E-state index is -1.46. The van der Waals surface area contributed by atoms with Crippen LogP contribution in [-0.4, -0.2) is 28.8 Å². The summed E-state index contributed by atoms with van der Waals surface area (Å²) in [5, 5.41) is 17.0. The lowest BCUT2D eigenvalue weighted by molar-refractivity contribution is -0.157. The molecule has 1 aliphatic rings. The van der Waals surface area contributed by atoms with Gasteiger partial charge in [0.15, 0.2) is 5.72 Å². The zero-order valence-corrected chi connectivity index (χ0v) is 15.4. The van der Waals surface area contributed by atoms with Gasteiger partial charge in [-0.15, -0.1) is 0 Å². The molecule has 1 amide bonds. The lowest BCUT2D eigenvalue weighted by atomic mass is 9.96. The van der Waals surface area contributed by atoms with E-state index in [0.717, 1.165) is 16.8 Å². The van der Waals surface area contributed by atoms with E-state index in [1.54, 1.807) is 31.4 Å². The molecule has 0 radical (unpaired) electrons. The van der Waals surface area contributed by atoms with Gasteiger partial charge in [0.05, 0.1) is 13.5 Å². The topological polar surface area (TPSA) is 62.1 Å². The standard InChI is InChI=1S/C21H24N2O3/c1-4-18-14-21(25,17-9-11-19(26-3)12-10-17)23(22-18)20(24)13-16-7-5-15(2)6-8-16/h5-12,25H,4,13-14H2,1-3H3. The normalized spacial score (nSPS) is 19.4. The van der Waals surface area contributed by atoms with Crippen molar-refractivity contribution in [1.29, 1.82) is 0 Å². The molecule has 1 unspecified atom stereocenters. The van der Waals surface area contributed by atoms with Crippen LogP contribution in [0.1, 0.15) is 36.5 Å². The van der Waals surface area contributed by atoms with Gasteiger partial charge in [0.2, 0.25) is 5.91 Å². The van der Waals surface area contributed by atoms with Crippen molar-refractivity contribution in [2.75, 3.05) is 7.11 Å². The summed E-state index contributed by atoms with van der Waals surface area (Å²) in [5.41, 5.74) is 2.02. The van der Waals surface area contributed by atoms with Crippen LogP contribution in [0.4, 0.5) is 0 Å². The van der Waals surface area contributed by atoms with Crippen molar-refractivity contribution in [3.05, 3.63) is 65.2 Å². The second-order valence-corrected chi connectivity index (χ2v) is 6.61. The van der Waals surface area contributed by atoms with Gasteiger partial charge in [0, 0.05) is 17.7 Å². The molecule has 2 aromatic carbocycles. The first kappa shape index (κ1) is 18.1. The molecule has 0 saturated carbocycles. The minimum Gasteiger partial charge on any atom is -0.497 e. The van der Waals surface area contributed by atoms with Crippen LogP contribution in [-0.2, 0) is 16.9 Å². The molecule has 0 bridgehead atoms. The van der Waals surface area contributed by atoms with Gasteiger partial charge in [-0.3, -0.25) is 4.79 Å². The summed E-state index contributed by atoms with van der Waals surface area (Å²) in [6.45, 7) is 3.98. The molecule has 2 aromatic rings. The lowest BCUT2D eigenvalue weighted by Crippen LogP contribution is -2.44. The third-order valence-corrected chi connectivity index (χ3v) is 4.72. The highest BCUT2D eigenvalue weighted by Crippen LogP contribution is 2.37. The van der Waals surface area contributed by atoms with Crippen LogP contribution < -0.4 is 4.74 Å². The molecule has 0 aliphatic carbocycles. The van der Waals surface area contributed by atoms with Crippen LogP contribution in [0.2, 0.25) is 0 Å². The minimum absolute atomic E-state index is 0.194. The van der Waals surface area contributed by atoms with E-state index in [9.17, 15) is 9.90 Å². The average molecular weight is 352 g/mol. The number of hydrogen-bond donors (Lipinski definition) is 1. The van der Waals surface area contributed by atoms with Crippen LogP contribution in [0.3, 0.4) is 0 Å². The predicted molar refractivity (Wildman–Crippen MR) is 101 cm³/mol. The molecule has 1 aliphatic heterocycles. The van der Waals surface area contributed by atoms with E-state index in [-0.39, 0.29) is 12.3 Å². The van der Waals surface area contributed by atoms with Crippen molar-refractivity contribution in [2.24, 2.45) is 5.10 Å². The van der Waals surface area contributed by atoms with E-state index in [4.69, 9.17) is 4.74 Å². The molecule has 0 spiro atoms. The molecule has 5 nitrogen and oxygen atoms in total. The molecule has 5 heteroatoms. The van der Waals surface area contributed by atoms with E-state index >= 15 is 0 Å². The summed E-state index contributed by atoms with van der Waals surface area (Å²) in [7, 11) is 1.59. The molecular formula is C21H24N2O3. The van der Waals surface area contributed by atoms with Crippen molar-refractivity contribution in [3.8, 4) is 5.75 Å². The van der Waals surface area contributed by atoms with Gasteiger partial charge < -0.3 is 9.84 Å². The largest absolute Gasteiger partial charge is 0.497 e. The lowest BCUT2D eigenvalue weighted by Gasteiger charge is -2.31. The number of carbonyl (C=O) groups excluding carboxylic acids is 1. The fourth-order valence-electron chi connectivity index (χ4n) is 3.11. The van der Waals surface area contributed by atoms with E-state index in [2.05, 4.69) is 5.10 Å². The quantitative estimate of drug-likeness (QED) is 0.897. The molecule has 0 aromatic heterocycles. The summed E-state index contributed by atoms with van der Waals surface area (Å²) in [6, 6.07) is 14.9. The van der Waals surface area contributed by atoms with Gasteiger partial charge in [0.1, 0.15) is 5.75 Å². The summed E-state index contributed by atoms with van der Waals surface area (Å²) < 4.78 is 5.18. The second kappa shape index (κ2) is 7.30. The zero-order valence-electron chi connectivity index (χ0n) is 15.4. The van der Waals surface area contributed by atoms with Crippen molar-refractivity contribution in [2.45, 2.75) is 38.8 Å². The van der Waals surface area contributed by atoms with Crippen molar-refractivity contribution in [1.82, 2.24) is 5.01 Å². The maximum atomic E-state index is 12.9. The molecule has 136 valence electrons. The van der Waals surface area contributed by atoms with E-state index in [1.165, 1.54) is 5.01 Å². The number of aryl methyl sites for hydroxylation is 1. The van der Waals surface area contributed by atoms with Crippen LogP contribution in [0, 0.1) is 6.92 Å². The van der Waals surface area contributed by atoms with Gasteiger partial charge in [-0.05, 0) is 31.0 Å². The van der Waals surface area contributed by atoms with Crippen molar-refractivity contribution >= 4 is 11.6 Å². The number of amides is 1. The highest BCUT2D eigenvalue weighted by Gasteiger charge is 2.45. The SMILES string of the molecule is CCC1=NN(C(=O)Cc2ccc(C)cc2)C(O)(c2ccc(OC)cc2)C1. The maximum absolute atomic E-state index is 12.9. The molecular weight excluding hydrogens is 328 g/mol. The summed E-state index contributed by atoms with van der Waals surface area (Å²) in [4.78, 5) is 12.9. The Hall–Kier alpha value is -2.66. The molecule has 26 heavy (non-hydrogen) atoms. The smallest absolute Gasteiger partial charge is 0.250 e. The molecule has 0 saturated heterocycles. The van der Waals surface area contributed by atoms with Crippen LogP contribution in [0.25, 0.3) is 0 Å². The van der Waals surface area contributed by atoms with Crippen LogP contribution in [0.5, 0.6) is 5.75 Å². The Balaban J connectivity index is 1.88. The van der Waals surface area contributed by atoms with Gasteiger partial charge in [-0.2, -0.15) is 10.1 Å². The van der Waals surface area contributed by atoms with Gasteiger partial charge in [0.25, 0.3) is 0 Å². The Morgan fingerprint density at radius 1 is 1.19 bits per heavy atom. The fourth-order valence-corrected chi connectivity index (χ4v) is 3.11. The van der Waals surface area contributed by atoms with E-state index in [1.807, 2.05) is 38.1 Å². The zero-order chi connectivity index (χ0) is 18.7. The Morgan fingerprint density at radius 2 is 1.85 bits per heavy atom. The third-order valence-electron chi connectivity index (χ3n) is 4.72. The molecule has 1 atom stereocenters. The summed E-state index contributed by atoms with van der Waals surface area (Å²) in [6.07, 6.45) is 1.20. The first-order valence-electron chi connectivity index (χ1n) is 8.78. The fraction of sp³-hybridized carbons (Fsp3) is 0.333. The number of aliphatic hydroxyl groups is 1. The third kappa shape index (κ3) is 3.48. The number of rotatable bonds is 5. The highest BCUT2D eigenvalue weighted by molar-refractivity contribution is 5.91. The van der Waals surface area contributed by atoms with Crippen molar-refractivity contribution < 1.29 is 14.6 Å². The summed E-state index contributed by atoms with van der Waals surface area (Å²) in [5.74, 6) is 0.472. The number of hydrogen-bond acceptors (Lipinski definition) is 4. The molecule has 1 heterocycles. The molecule has 1 N–H and O–H groups in total. The molecule has 3 rings (SSSR count). The maximum Gasteiger partial charge on any atom is 0.250 e. The average Bonchev–Trinajstić information content (AvgIpc) is 3.02. The van der Waals surface area contributed by atoms with Crippen molar-refractivity contribution in [3.63, 3.8) is 0 Å². The van der Waals surface area contributed by atoms with Crippen LogP contribution in [0.15, 0.2) is 53.6 Å². The Labute approximate surface area is 153 Å². The second-order valence-electron chi connectivity index (χ2n) is 6.61. The first-order chi connectivity index (χ1) is 12.5. The monoisotopic (exact) mass is 352 g/mol. The number of nitrogens with zero attached hydrogens (tertiary/aromatic N) is 2. The van der Waals surface area contributed by atoms with Gasteiger partial charge >= 0.3 is 0 Å². The number of ether oxygens (including phenoxy) is 1. The van der Waals surface area contributed by atoms with E-state index in [0.29, 0.717) is 24.2 Å². The number of carbonyl (C=O) groups is 1. The summed E-state index contributed by atoms with van der Waals surface area (Å²) >= 11 is 0. The Kier molecular flexibility index (Phi) is 5.09. The number of methoxy groups -OCH3 is 1. The first-order valence-corrected chi connectivity index (χ1v) is 8.78. The van der Waals surface area contributed by atoms with E-state index < -0.39 is 5.72 Å². The van der Waals surface area contributed by atoms with Gasteiger partial charge in [-0.1, -0.05) is 48.9 Å². The Morgan fingerprint density at radius 3 is 2.42 bits per heavy atom. The Bertz CT molecular complexity index is 812. The van der Waals surface area contributed by atoms with Gasteiger partial charge in [-0.25, -0.2) is 0 Å². The number of benzene rings is 2. The van der Waals surface area contributed by atoms with Crippen LogP contribution >= 0.6 is 0 Å².